The molecule has 4 rings (SSSR count). The lowest BCUT2D eigenvalue weighted by atomic mass is 10.1. The van der Waals surface area contributed by atoms with E-state index in [1.165, 1.54) is 5.56 Å². The maximum atomic E-state index is 12.6. The molecule has 0 N–H and O–H groups in total. The number of nitrogens with zero attached hydrogens (tertiary/aromatic N) is 3. The second-order valence-corrected chi connectivity index (χ2v) is 9.20. The minimum atomic E-state index is -0.162. The number of benzene rings is 2. The van der Waals surface area contributed by atoms with Crippen molar-refractivity contribution in [1.82, 2.24) is 14.5 Å². The molecule has 158 valence electrons. The predicted molar refractivity (Wildman–Crippen MR) is 120 cm³/mol. The van der Waals surface area contributed by atoms with E-state index in [0.717, 1.165) is 42.1 Å². The number of para-hydroxylation sites is 2. The van der Waals surface area contributed by atoms with E-state index in [0.29, 0.717) is 13.0 Å². The quantitative estimate of drug-likeness (QED) is 0.547. The summed E-state index contributed by atoms with van der Waals surface area (Å²) in [5, 5.41) is 0. The smallest absolute Gasteiger partial charge is 0.223 e. The van der Waals surface area contributed by atoms with Crippen molar-refractivity contribution in [3.05, 3.63) is 59.9 Å². The molecule has 5 nitrogen and oxygen atoms in total. The van der Waals surface area contributed by atoms with Crippen molar-refractivity contribution < 1.29 is 9.53 Å². The second-order valence-electron chi connectivity index (χ2n) is 9.20. The third-order valence-electron chi connectivity index (χ3n) is 5.80. The van der Waals surface area contributed by atoms with Crippen molar-refractivity contribution in [1.29, 1.82) is 0 Å². The Labute approximate surface area is 178 Å². The van der Waals surface area contributed by atoms with Crippen LogP contribution in [0, 0.1) is 6.92 Å². The van der Waals surface area contributed by atoms with Crippen molar-refractivity contribution in [3.8, 4) is 5.75 Å². The number of aryl methyl sites for hydroxylation is 2. The molecule has 1 fully saturated rings. The van der Waals surface area contributed by atoms with Gasteiger partial charge in [-0.05, 0) is 58.4 Å². The third kappa shape index (κ3) is 4.20. The number of ether oxygens (including phenoxy) is 1. The summed E-state index contributed by atoms with van der Waals surface area (Å²) in [6.07, 6.45) is 1.41. The number of fused-ring (bicyclic) bond motifs is 1. The number of hydrogen-bond acceptors (Lipinski definition) is 3. The largest absolute Gasteiger partial charge is 0.494 e. The molecule has 3 aromatic rings. The van der Waals surface area contributed by atoms with Crippen molar-refractivity contribution >= 4 is 16.9 Å². The van der Waals surface area contributed by atoms with Gasteiger partial charge >= 0.3 is 0 Å². The maximum Gasteiger partial charge on any atom is 0.223 e. The number of rotatable bonds is 6. The van der Waals surface area contributed by atoms with E-state index >= 15 is 0 Å². The first-order chi connectivity index (χ1) is 14.3. The Morgan fingerprint density at radius 2 is 1.83 bits per heavy atom. The lowest BCUT2D eigenvalue weighted by Crippen LogP contribution is -2.42. The van der Waals surface area contributed by atoms with Crippen LogP contribution in [0.5, 0.6) is 5.75 Å². The van der Waals surface area contributed by atoms with Crippen molar-refractivity contribution in [3.63, 3.8) is 0 Å². The summed E-state index contributed by atoms with van der Waals surface area (Å²) in [6, 6.07) is 16.4. The maximum absolute atomic E-state index is 12.6. The zero-order chi connectivity index (χ0) is 21.3. The molecule has 1 aliphatic heterocycles. The first kappa shape index (κ1) is 20.5. The van der Waals surface area contributed by atoms with Gasteiger partial charge in [-0.2, -0.15) is 0 Å². The number of amides is 1. The topological polar surface area (TPSA) is 47.4 Å². The van der Waals surface area contributed by atoms with Crippen LogP contribution in [0.4, 0.5) is 0 Å². The van der Waals surface area contributed by atoms with Gasteiger partial charge in [0.1, 0.15) is 11.6 Å². The molecule has 0 radical (unpaired) electrons. The molecule has 0 aliphatic carbocycles. The fraction of sp³-hybridized carbons (Fsp3) is 0.440. The zero-order valence-corrected chi connectivity index (χ0v) is 18.4. The normalized spacial score (nSPS) is 17.1. The van der Waals surface area contributed by atoms with Crippen LogP contribution in [0.1, 0.15) is 50.9 Å². The van der Waals surface area contributed by atoms with Gasteiger partial charge in [-0.1, -0.05) is 29.8 Å². The van der Waals surface area contributed by atoms with Crippen LogP contribution in [-0.4, -0.2) is 39.0 Å². The van der Waals surface area contributed by atoms with Gasteiger partial charge in [0.05, 0.1) is 17.6 Å². The van der Waals surface area contributed by atoms with Gasteiger partial charge in [-0.25, -0.2) is 4.98 Å². The summed E-state index contributed by atoms with van der Waals surface area (Å²) in [5.74, 6) is 2.26. The summed E-state index contributed by atoms with van der Waals surface area (Å²) < 4.78 is 8.21. The number of likely N-dealkylation sites (tertiary alicyclic amines) is 1. The van der Waals surface area contributed by atoms with Gasteiger partial charge in [0.2, 0.25) is 5.91 Å². The minimum absolute atomic E-state index is 0.127. The van der Waals surface area contributed by atoms with Crippen molar-refractivity contribution in [2.45, 2.75) is 58.5 Å². The molecule has 0 unspecified atom stereocenters. The van der Waals surface area contributed by atoms with E-state index in [-0.39, 0.29) is 17.4 Å². The van der Waals surface area contributed by atoms with E-state index in [9.17, 15) is 4.79 Å². The number of carbonyl (C=O) groups excluding carboxylic acids is 1. The van der Waals surface area contributed by atoms with Crippen LogP contribution in [0.3, 0.4) is 0 Å². The standard InChI is InChI=1S/C25H31N3O2/c1-18-10-12-20(13-11-18)30-15-7-14-27-22-9-6-5-8-21(22)26-24(27)19-16-23(29)28(17-19)25(2,3)4/h5-6,8-13,19H,7,14-17H2,1-4H3/t19-/m1/s1. The molecule has 0 spiro atoms. The summed E-state index contributed by atoms with van der Waals surface area (Å²) >= 11 is 0. The van der Waals surface area contributed by atoms with Gasteiger partial charge in [0.25, 0.3) is 0 Å². The van der Waals surface area contributed by atoms with Gasteiger partial charge < -0.3 is 14.2 Å². The van der Waals surface area contributed by atoms with E-state index in [4.69, 9.17) is 9.72 Å². The van der Waals surface area contributed by atoms with E-state index in [1.807, 2.05) is 29.2 Å². The van der Waals surface area contributed by atoms with E-state index in [2.05, 4.69) is 56.5 Å². The minimum Gasteiger partial charge on any atom is -0.494 e. The molecule has 0 saturated carbocycles. The average molecular weight is 406 g/mol. The zero-order valence-electron chi connectivity index (χ0n) is 18.4. The SMILES string of the molecule is Cc1ccc(OCCCn2c([C@@H]3CC(=O)N(C(C)(C)C)C3)nc3ccccc32)cc1. The lowest BCUT2D eigenvalue weighted by Gasteiger charge is -2.32. The van der Waals surface area contributed by atoms with Crippen molar-refractivity contribution in [2.75, 3.05) is 13.2 Å². The van der Waals surface area contributed by atoms with Crippen LogP contribution in [0.15, 0.2) is 48.5 Å². The van der Waals surface area contributed by atoms with Crippen LogP contribution >= 0.6 is 0 Å². The molecule has 1 aromatic heterocycles. The third-order valence-corrected chi connectivity index (χ3v) is 5.80. The van der Waals surface area contributed by atoms with Crippen LogP contribution in [-0.2, 0) is 11.3 Å². The fourth-order valence-electron chi connectivity index (χ4n) is 4.22. The predicted octanol–water partition coefficient (Wildman–Crippen LogP) is 4.93. The Balaban J connectivity index is 1.51. The Morgan fingerprint density at radius 3 is 2.53 bits per heavy atom. The average Bonchev–Trinajstić information content (AvgIpc) is 3.27. The van der Waals surface area contributed by atoms with Gasteiger partial charge in [-0.15, -0.1) is 0 Å². The van der Waals surface area contributed by atoms with Crippen LogP contribution in [0.2, 0.25) is 0 Å². The summed E-state index contributed by atoms with van der Waals surface area (Å²) in [6.45, 7) is 10.6. The molecule has 0 bridgehead atoms. The molecule has 1 amide bonds. The van der Waals surface area contributed by atoms with Crippen LogP contribution in [0.25, 0.3) is 11.0 Å². The molecule has 5 heteroatoms. The molecule has 2 aromatic carbocycles. The highest BCUT2D eigenvalue weighted by Crippen LogP contribution is 2.34. The lowest BCUT2D eigenvalue weighted by molar-refractivity contribution is -0.131. The number of carbonyl (C=O) groups is 1. The number of aromatic nitrogens is 2. The molecule has 1 saturated heterocycles. The number of hydrogen-bond donors (Lipinski definition) is 0. The second kappa shape index (κ2) is 8.13. The molecule has 30 heavy (non-hydrogen) atoms. The monoisotopic (exact) mass is 405 g/mol. The number of imidazole rings is 1. The summed E-state index contributed by atoms with van der Waals surface area (Å²) in [7, 11) is 0. The molecular weight excluding hydrogens is 374 g/mol. The Hall–Kier alpha value is -2.82. The Bertz CT molecular complexity index is 1030. The fourth-order valence-corrected chi connectivity index (χ4v) is 4.22. The Kier molecular flexibility index (Phi) is 5.54. The Morgan fingerprint density at radius 1 is 1.10 bits per heavy atom. The van der Waals surface area contributed by atoms with Gasteiger partial charge in [-0.3, -0.25) is 4.79 Å². The summed E-state index contributed by atoms with van der Waals surface area (Å²) in [4.78, 5) is 19.6. The first-order valence-corrected chi connectivity index (χ1v) is 10.8. The highest BCUT2D eigenvalue weighted by atomic mass is 16.5. The van der Waals surface area contributed by atoms with E-state index < -0.39 is 0 Å². The highest BCUT2D eigenvalue weighted by Gasteiger charge is 2.38. The molecule has 1 aliphatic rings. The molecule has 2 heterocycles. The summed E-state index contributed by atoms with van der Waals surface area (Å²) in [5.41, 5.74) is 3.19. The van der Waals surface area contributed by atoms with Gasteiger partial charge in [0.15, 0.2) is 0 Å². The van der Waals surface area contributed by atoms with Crippen LogP contribution < -0.4 is 4.74 Å². The van der Waals surface area contributed by atoms with Crippen molar-refractivity contribution in [2.24, 2.45) is 0 Å². The molecule has 1 atom stereocenters. The molecular formula is C25H31N3O2. The first-order valence-electron chi connectivity index (χ1n) is 10.8. The van der Waals surface area contributed by atoms with E-state index in [1.54, 1.807) is 0 Å². The van der Waals surface area contributed by atoms with Gasteiger partial charge in [0, 0.05) is 31.0 Å². The highest BCUT2D eigenvalue weighted by molar-refractivity contribution is 5.81.